The number of hydrogen-bond acceptors (Lipinski definition) is 2. The van der Waals surface area contributed by atoms with E-state index in [1.54, 1.807) is 0 Å². The zero-order valence-corrected chi connectivity index (χ0v) is 7.91. The molecule has 0 aromatic rings. The molecule has 0 aliphatic heterocycles. The standard InChI is InChI=1S/C9H15NO3/c1-4-8(11)10-7(9(12)13)5-6(2)3/h4,6-7H,1,5H2,2-3H3,(H,10,11)(H,12,13). The third-order valence-corrected chi connectivity index (χ3v) is 1.51. The molecule has 0 heterocycles. The van der Waals surface area contributed by atoms with Gasteiger partial charge in [-0.3, -0.25) is 4.79 Å². The number of aliphatic carboxylic acids is 1. The van der Waals surface area contributed by atoms with Crippen LogP contribution in [0.1, 0.15) is 20.3 Å². The van der Waals surface area contributed by atoms with Gasteiger partial charge < -0.3 is 10.4 Å². The molecular formula is C9H15NO3. The third-order valence-electron chi connectivity index (χ3n) is 1.51. The molecule has 74 valence electrons. The molecule has 0 radical (unpaired) electrons. The van der Waals surface area contributed by atoms with Crippen molar-refractivity contribution in [3.63, 3.8) is 0 Å². The number of carboxylic acids is 1. The van der Waals surface area contributed by atoms with Crippen LogP contribution in [0.5, 0.6) is 0 Å². The Labute approximate surface area is 77.6 Å². The summed E-state index contributed by atoms with van der Waals surface area (Å²) in [7, 11) is 0. The fourth-order valence-electron chi connectivity index (χ4n) is 0.924. The first-order valence-corrected chi connectivity index (χ1v) is 4.13. The molecule has 1 unspecified atom stereocenters. The van der Waals surface area contributed by atoms with Gasteiger partial charge in [-0.25, -0.2) is 4.79 Å². The van der Waals surface area contributed by atoms with Crippen molar-refractivity contribution < 1.29 is 14.7 Å². The van der Waals surface area contributed by atoms with Crippen molar-refractivity contribution in [1.82, 2.24) is 5.32 Å². The summed E-state index contributed by atoms with van der Waals surface area (Å²) in [5, 5.41) is 11.1. The molecule has 0 spiro atoms. The summed E-state index contributed by atoms with van der Waals surface area (Å²) in [4.78, 5) is 21.5. The predicted octanol–water partition coefficient (Wildman–Crippen LogP) is 0.788. The third kappa shape index (κ3) is 5.00. The minimum atomic E-state index is -1.01. The van der Waals surface area contributed by atoms with Crippen LogP contribution < -0.4 is 5.32 Å². The van der Waals surface area contributed by atoms with Crippen molar-refractivity contribution in [1.29, 1.82) is 0 Å². The van der Waals surface area contributed by atoms with Gasteiger partial charge in [-0.1, -0.05) is 20.4 Å². The van der Waals surface area contributed by atoms with Crippen molar-refractivity contribution in [2.24, 2.45) is 5.92 Å². The van der Waals surface area contributed by atoms with Crippen molar-refractivity contribution in [2.75, 3.05) is 0 Å². The van der Waals surface area contributed by atoms with Crippen LogP contribution in [-0.2, 0) is 9.59 Å². The van der Waals surface area contributed by atoms with E-state index in [0.717, 1.165) is 6.08 Å². The SMILES string of the molecule is C=CC(=O)NC(CC(C)C)C(=O)O. The maximum atomic E-state index is 10.8. The summed E-state index contributed by atoms with van der Waals surface area (Å²) in [6.07, 6.45) is 1.49. The molecule has 0 aromatic heterocycles. The number of nitrogens with one attached hydrogen (secondary N) is 1. The zero-order valence-electron chi connectivity index (χ0n) is 7.91. The van der Waals surface area contributed by atoms with Crippen LogP contribution in [-0.4, -0.2) is 23.0 Å². The molecule has 0 aliphatic rings. The van der Waals surface area contributed by atoms with Crippen molar-refractivity contribution in [3.8, 4) is 0 Å². The molecule has 2 N–H and O–H groups in total. The predicted molar refractivity (Wildman–Crippen MR) is 49.2 cm³/mol. The van der Waals surface area contributed by atoms with Crippen LogP contribution >= 0.6 is 0 Å². The van der Waals surface area contributed by atoms with E-state index in [1.807, 2.05) is 13.8 Å². The second kappa shape index (κ2) is 5.35. The molecule has 0 rings (SSSR count). The molecule has 0 aromatic carbocycles. The minimum absolute atomic E-state index is 0.228. The van der Waals surface area contributed by atoms with E-state index in [2.05, 4.69) is 11.9 Å². The Morgan fingerprint density at radius 1 is 1.54 bits per heavy atom. The highest BCUT2D eigenvalue weighted by Gasteiger charge is 2.19. The number of carboxylic acid groups (broad SMARTS) is 1. The van der Waals surface area contributed by atoms with Gasteiger partial charge in [0.05, 0.1) is 0 Å². The smallest absolute Gasteiger partial charge is 0.326 e. The Bertz CT molecular complexity index is 211. The van der Waals surface area contributed by atoms with Gasteiger partial charge in [0.1, 0.15) is 6.04 Å². The van der Waals surface area contributed by atoms with Gasteiger partial charge in [-0.2, -0.15) is 0 Å². The van der Waals surface area contributed by atoms with E-state index >= 15 is 0 Å². The lowest BCUT2D eigenvalue weighted by atomic mass is 10.0. The topological polar surface area (TPSA) is 66.4 Å². The largest absolute Gasteiger partial charge is 0.480 e. The average molecular weight is 185 g/mol. The summed E-state index contributed by atoms with van der Waals surface area (Å²) in [6.45, 7) is 7.04. The Morgan fingerprint density at radius 3 is 2.38 bits per heavy atom. The average Bonchev–Trinajstić information content (AvgIpc) is 2.02. The Hall–Kier alpha value is -1.32. The van der Waals surface area contributed by atoms with Gasteiger partial charge in [-0.15, -0.1) is 0 Å². The highest BCUT2D eigenvalue weighted by atomic mass is 16.4. The first-order valence-electron chi connectivity index (χ1n) is 4.13. The lowest BCUT2D eigenvalue weighted by Gasteiger charge is -2.14. The van der Waals surface area contributed by atoms with Crippen LogP contribution in [0.4, 0.5) is 0 Å². The molecule has 0 saturated heterocycles. The first kappa shape index (κ1) is 11.7. The van der Waals surface area contributed by atoms with E-state index in [-0.39, 0.29) is 5.92 Å². The van der Waals surface area contributed by atoms with Gasteiger partial charge in [0.25, 0.3) is 0 Å². The molecule has 13 heavy (non-hydrogen) atoms. The van der Waals surface area contributed by atoms with Crippen LogP contribution in [0.25, 0.3) is 0 Å². The van der Waals surface area contributed by atoms with E-state index in [0.29, 0.717) is 6.42 Å². The fraction of sp³-hybridized carbons (Fsp3) is 0.556. The second-order valence-electron chi connectivity index (χ2n) is 3.23. The van der Waals surface area contributed by atoms with E-state index in [1.165, 1.54) is 0 Å². The summed E-state index contributed by atoms with van der Waals surface area (Å²) in [5.41, 5.74) is 0. The minimum Gasteiger partial charge on any atom is -0.480 e. The molecular weight excluding hydrogens is 170 g/mol. The number of hydrogen-bond donors (Lipinski definition) is 2. The van der Waals surface area contributed by atoms with Crippen molar-refractivity contribution >= 4 is 11.9 Å². The molecule has 0 fully saturated rings. The Morgan fingerprint density at radius 2 is 2.08 bits per heavy atom. The van der Waals surface area contributed by atoms with Gasteiger partial charge in [0.15, 0.2) is 0 Å². The van der Waals surface area contributed by atoms with E-state index in [4.69, 9.17) is 5.11 Å². The maximum Gasteiger partial charge on any atom is 0.326 e. The number of rotatable bonds is 5. The lowest BCUT2D eigenvalue weighted by molar-refractivity contribution is -0.141. The van der Waals surface area contributed by atoms with Gasteiger partial charge in [0.2, 0.25) is 5.91 Å². The summed E-state index contributed by atoms with van der Waals surface area (Å²) in [6, 6.07) is -0.814. The molecule has 4 heteroatoms. The highest BCUT2D eigenvalue weighted by molar-refractivity contribution is 5.90. The summed E-state index contributed by atoms with van der Waals surface area (Å²) in [5.74, 6) is -1.23. The van der Waals surface area contributed by atoms with Crippen LogP contribution in [0.15, 0.2) is 12.7 Å². The zero-order chi connectivity index (χ0) is 10.4. The Balaban J connectivity index is 4.17. The van der Waals surface area contributed by atoms with Crippen LogP contribution in [0.3, 0.4) is 0 Å². The molecule has 4 nitrogen and oxygen atoms in total. The van der Waals surface area contributed by atoms with Crippen molar-refractivity contribution in [3.05, 3.63) is 12.7 Å². The first-order chi connectivity index (χ1) is 5.97. The monoisotopic (exact) mass is 185 g/mol. The van der Waals surface area contributed by atoms with Gasteiger partial charge in [0, 0.05) is 0 Å². The number of carbonyl (C=O) groups is 2. The lowest BCUT2D eigenvalue weighted by Crippen LogP contribution is -2.40. The fourth-order valence-corrected chi connectivity index (χ4v) is 0.924. The Kier molecular flexibility index (Phi) is 4.80. The van der Waals surface area contributed by atoms with Gasteiger partial charge in [-0.05, 0) is 18.4 Å². The molecule has 1 atom stereocenters. The molecule has 0 saturated carbocycles. The quantitative estimate of drug-likeness (QED) is 0.622. The molecule has 0 bridgehead atoms. The summed E-state index contributed by atoms with van der Waals surface area (Å²) >= 11 is 0. The van der Waals surface area contributed by atoms with Crippen LogP contribution in [0.2, 0.25) is 0 Å². The normalized spacial score (nSPS) is 12.2. The molecule has 0 aliphatic carbocycles. The van der Waals surface area contributed by atoms with Crippen molar-refractivity contribution in [2.45, 2.75) is 26.3 Å². The summed E-state index contributed by atoms with van der Waals surface area (Å²) < 4.78 is 0. The maximum absolute atomic E-state index is 10.8. The van der Waals surface area contributed by atoms with E-state index < -0.39 is 17.9 Å². The second-order valence-corrected chi connectivity index (χ2v) is 3.23. The van der Waals surface area contributed by atoms with E-state index in [9.17, 15) is 9.59 Å². The molecule has 1 amide bonds. The van der Waals surface area contributed by atoms with Crippen LogP contribution in [0, 0.1) is 5.92 Å². The number of carbonyl (C=O) groups excluding carboxylic acids is 1. The highest BCUT2D eigenvalue weighted by Crippen LogP contribution is 2.04. The number of amides is 1. The van der Waals surface area contributed by atoms with Gasteiger partial charge >= 0.3 is 5.97 Å².